The largest absolute Gasteiger partial charge is 0.402 e. The van der Waals surface area contributed by atoms with Gasteiger partial charge in [0.15, 0.2) is 11.4 Å². The minimum Gasteiger partial charge on any atom is -0.320 e. The molecule has 1 unspecified atom stereocenters. The lowest BCUT2D eigenvalue weighted by Crippen LogP contribution is -2.27. The van der Waals surface area contributed by atoms with Gasteiger partial charge in [-0.05, 0) is 0 Å². The Morgan fingerprint density at radius 1 is 1.44 bits per heavy atom. The van der Waals surface area contributed by atoms with Gasteiger partial charge in [-0.15, -0.1) is 0 Å². The molecule has 0 amide bonds. The number of hydrogen-bond donors (Lipinski definition) is 0. The molecular weight excluding hydrogens is 289 g/mol. The van der Waals surface area contributed by atoms with Gasteiger partial charge in [0.1, 0.15) is 17.0 Å². The number of rotatable bonds is 2. The molecule has 1 atom stereocenters. The maximum atomic E-state index is 12.2. The van der Waals surface area contributed by atoms with E-state index in [9.17, 15) is 13.2 Å². The van der Waals surface area contributed by atoms with Crippen molar-refractivity contribution in [3.8, 4) is 12.1 Å². The predicted molar refractivity (Wildman–Crippen MR) is 50.4 cm³/mol. The molecule has 0 aliphatic heterocycles. The van der Waals surface area contributed by atoms with E-state index < -0.39 is 17.5 Å². The Balaban J connectivity index is 2.96. The maximum absolute atomic E-state index is 12.2. The molecule has 1 heterocycles. The van der Waals surface area contributed by atoms with Crippen molar-refractivity contribution in [2.24, 2.45) is 0 Å². The van der Waals surface area contributed by atoms with Crippen LogP contribution in [-0.2, 0) is 6.54 Å². The topological polar surface area (TPSA) is 65.4 Å². The Labute approximate surface area is 97.0 Å². The third-order valence-corrected chi connectivity index (χ3v) is 2.57. The molecule has 16 heavy (non-hydrogen) atoms. The molecule has 0 aromatic carbocycles. The molecule has 84 valence electrons. The van der Waals surface area contributed by atoms with Gasteiger partial charge in [0, 0.05) is 6.54 Å². The molecule has 0 spiro atoms. The Morgan fingerprint density at radius 3 is 2.50 bits per heavy atom. The van der Waals surface area contributed by atoms with Crippen LogP contribution >= 0.6 is 15.9 Å². The summed E-state index contributed by atoms with van der Waals surface area (Å²) in [5.74, 6) is 0. The predicted octanol–water partition coefficient (Wildman–Crippen LogP) is 1.95. The van der Waals surface area contributed by atoms with Crippen LogP contribution in [0.1, 0.15) is 11.4 Å². The third kappa shape index (κ3) is 2.52. The fourth-order valence-electron chi connectivity index (χ4n) is 0.996. The lowest BCUT2D eigenvalue weighted by molar-refractivity contribution is -0.129. The summed E-state index contributed by atoms with van der Waals surface area (Å²) in [4.78, 5) is 1.75. The summed E-state index contributed by atoms with van der Waals surface area (Å²) < 4.78 is 37.7. The van der Waals surface area contributed by atoms with E-state index >= 15 is 0 Å². The van der Waals surface area contributed by atoms with Crippen LogP contribution in [0.25, 0.3) is 0 Å². The molecule has 0 radical (unpaired) electrons. The van der Waals surface area contributed by atoms with Gasteiger partial charge >= 0.3 is 6.18 Å². The van der Waals surface area contributed by atoms with Gasteiger partial charge in [0.05, 0.1) is 6.33 Å². The summed E-state index contributed by atoms with van der Waals surface area (Å²) in [6, 6.07) is 3.27. The molecular formula is C8H4BrF3N4. The highest BCUT2D eigenvalue weighted by Crippen LogP contribution is 2.28. The molecule has 1 rings (SSSR count). The highest BCUT2D eigenvalue weighted by molar-refractivity contribution is 9.09. The molecule has 1 aromatic rings. The number of imidazole rings is 1. The van der Waals surface area contributed by atoms with E-state index in [0.717, 1.165) is 10.9 Å². The van der Waals surface area contributed by atoms with Crippen molar-refractivity contribution in [1.29, 1.82) is 10.5 Å². The Hall–Kier alpha value is -1.54. The first-order chi connectivity index (χ1) is 7.40. The summed E-state index contributed by atoms with van der Waals surface area (Å²) in [5, 5.41) is 17.2. The van der Waals surface area contributed by atoms with Crippen molar-refractivity contribution >= 4 is 15.9 Å². The van der Waals surface area contributed by atoms with Crippen molar-refractivity contribution in [2.75, 3.05) is 0 Å². The Kier molecular flexibility index (Phi) is 3.55. The molecule has 0 aliphatic carbocycles. The minimum absolute atomic E-state index is 0.170. The summed E-state index contributed by atoms with van der Waals surface area (Å²) in [7, 11) is 0. The second-order valence-corrected chi connectivity index (χ2v) is 3.93. The standard InChI is InChI=1S/C8H4BrF3N4/c9-7(8(10,11)12)3-16-4-15-5(1-13)6(16)2-14/h4,7H,3H2. The van der Waals surface area contributed by atoms with Crippen LogP contribution in [0.15, 0.2) is 6.33 Å². The summed E-state index contributed by atoms with van der Waals surface area (Å²) in [5.41, 5.74) is -0.347. The zero-order valence-corrected chi connectivity index (χ0v) is 9.25. The van der Waals surface area contributed by atoms with Crippen molar-refractivity contribution in [2.45, 2.75) is 17.5 Å². The monoisotopic (exact) mass is 292 g/mol. The molecule has 0 aliphatic rings. The average Bonchev–Trinajstić information content (AvgIpc) is 2.58. The van der Waals surface area contributed by atoms with Gasteiger partial charge in [-0.3, -0.25) is 0 Å². The highest BCUT2D eigenvalue weighted by Gasteiger charge is 2.38. The molecule has 0 saturated heterocycles. The third-order valence-electron chi connectivity index (χ3n) is 1.76. The first-order valence-corrected chi connectivity index (χ1v) is 4.87. The second kappa shape index (κ2) is 4.54. The van der Waals surface area contributed by atoms with E-state index in [-0.39, 0.29) is 11.4 Å². The van der Waals surface area contributed by atoms with Crippen LogP contribution in [0.2, 0.25) is 0 Å². The molecule has 0 fully saturated rings. The van der Waals surface area contributed by atoms with Crippen molar-refractivity contribution in [3.05, 3.63) is 17.7 Å². The smallest absolute Gasteiger partial charge is 0.320 e. The molecule has 1 aromatic heterocycles. The van der Waals surface area contributed by atoms with E-state index in [1.165, 1.54) is 0 Å². The van der Waals surface area contributed by atoms with E-state index in [2.05, 4.69) is 20.9 Å². The highest BCUT2D eigenvalue weighted by atomic mass is 79.9. The molecule has 0 bridgehead atoms. The van der Waals surface area contributed by atoms with Gasteiger partial charge in [0.2, 0.25) is 0 Å². The summed E-state index contributed by atoms with van der Waals surface area (Å²) in [6.07, 6.45) is -3.37. The molecule has 0 saturated carbocycles. The van der Waals surface area contributed by atoms with E-state index in [1.54, 1.807) is 12.1 Å². The van der Waals surface area contributed by atoms with Crippen LogP contribution in [-0.4, -0.2) is 20.6 Å². The SMILES string of the molecule is N#Cc1ncn(CC(Br)C(F)(F)F)c1C#N. The van der Waals surface area contributed by atoms with E-state index in [1.807, 2.05) is 0 Å². The minimum atomic E-state index is -4.41. The number of alkyl halides is 4. The Bertz CT molecular complexity index is 465. The fourth-order valence-corrected chi connectivity index (χ4v) is 1.31. The number of nitrogens with zero attached hydrogens (tertiary/aromatic N) is 4. The zero-order chi connectivity index (χ0) is 12.3. The zero-order valence-electron chi connectivity index (χ0n) is 7.66. The van der Waals surface area contributed by atoms with Crippen molar-refractivity contribution in [1.82, 2.24) is 9.55 Å². The lowest BCUT2D eigenvalue weighted by Gasteiger charge is -2.14. The van der Waals surface area contributed by atoms with Crippen LogP contribution in [0.5, 0.6) is 0 Å². The molecule has 0 N–H and O–H groups in total. The quantitative estimate of drug-likeness (QED) is 0.783. The fraction of sp³-hybridized carbons (Fsp3) is 0.375. The molecule has 8 heteroatoms. The lowest BCUT2D eigenvalue weighted by atomic mass is 10.3. The summed E-state index contributed by atoms with van der Waals surface area (Å²) in [6.45, 7) is -0.499. The van der Waals surface area contributed by atoms with Gasteiger partial charge in [0.25, 0.3) is 0 Å². The second-order valence-electron chi connectivity index (χ2n) is 2.83. The van der Waals surface area contributed by atoms with Crippen LogP contribution in [0.4, 0.5) is 13.2 Å². The summed E-state index contributed by atoms with van der Waals surface area (Å²) >= 11 is 2.46. The number of halogens is 4. The van der Waals surface area contributed by atoms with E-state index in [0.29, 0.717) is 0 Å². The van der Waals surface area contributed by atoms with E-state index in [4.69, 9.17) is 10.5 Å². The maximum Gasteiger partial charge on any atom is 0.402 e. The van der Waals surface area contributed by atoms with Crippen LogP contribution in [0.3, 0.4) is 0 Å². The van der Waals surface area contributed by atoms with Crippen LogP contribution in [0, 0.1) is 22.7 Å². The first kappa shape index (κ1) is 12.5. The number of aromatic nitrogens is 2. The number of nitriles is 2. The molecule has 4 nitrogen and oxygen atoms in total. The normalized spacial score (nSPS) is 12.9. The van der Waals surface area contributed by atoms with Crippen molar-refractivity contribution in [3.63, 3.8) is 0 Å². The van der Waals surface area contributed by atoms with Gasteiger partial charge in [-0.1, -0.05) is 15.9 Å². The van der Waals surface area contributed by atoms with Gasteiger partial charge in [-0.25, -0.2) is 4.98 Å². The number of hydrogen-bond acceptors (Lipinski definition) is 3. The average molecular weight is 293 g/mol. The van der Waals surface area contributed by atoms with Gasteiger partial charge < -0.3 is 4.57 Å². The Morgan fingerprint density at radius 2 is 2.06 bits per heavy atom. The first-order valence-electron chi connectivity index (χ1n) is 3.96. The van der Waals surface area contributed by atoms with Gasteiger partial charge in [-0.2, -0.15) is 23.7 Å². The van der Waals surface area contributed by atoms with Crippen molar-refractivity contribution < 1.29 is 13.2 Å². The van der Waals surface area contributed by atoms with Crippen LogP contribution < -0.4 is 0 Å².